The Labute approximate surface area is 88.4 Å². The van der Waals surface area contributed by atoms with Gasteiger partial charge in [-0.2, -0.15) is 5.21 Å². The molecular formula is C9H16N6. The number of nitrogens with one attached hydrogen (secondary N) is 2. The van der Waals surface area contributed by atoms with E-state index in [1.54, 1.807) is 0 Å². The summed E-state index contributed by atoms with van der Waals surface area (Å²) in [6, 6.07) is 1.49. The molecule has 6 nitrogen and oxygen atoms in total. The first-order chi connectivity index (χ1) is 7.42. The van der Waals surface area contributed by atoms with Crippen LogP contribution in [0.2, 0.25) is 0 Å². The molecule has 1 saturated heterocycles. The molecule has 2 N–H and O–H groups in total. The van der Waals surface area contributed by atoms with E-state index >= 15 is 0 Å². The second kappa shape index (κ2) is 3.86. The molecule has 1 atom stereocenters. The topological polar surface area (TPSA) is 69.7 Å². The summed E-state index contributed by atoms with van der Waals surface area (Å²) in [7, 11) is 0. The minimum atomic E-state index is 0.601. The number of tetrazole rings is 1. The van der Waals surface area contributed by atoms with Gasteiger partial charge in [0.25, 0.3) is 0 Å². The number of likely N-dealkylation sites (tertiary alicyclic amines) is 1. The first-order valence-electron chi connectivity index (χ1n) is 5.61. The van der Waals surface area contributed by atoms with Gasteiger partial charge in [0.15, 0.2) is 5.82 Å². The van der Waals surface area contributed by atoms with Gasteiger partial charge >= 0.3 is 0 Å². The third-order valence-electron chi connectivity index (χ3n) is 3.22. The van der Waals surface area contributed by atoms with Gasteiger partial charge in [-0.15, -0.1) is 10.2 Å². The summed E-state index contributed by atoms with van der Waals surface area (Å²) in [4.78, 5) is 2.59. The van der Waals surface area contributed by atoms with Crippen molar-refractivity contribution in [3.8, 4) is 0 Å². The van der Waals surface area contributed by atoms with Crippen molar-refractivity contribution in [2.75, 3.05) is 13.1 Å². The van der Waals surface area contributed by atoms with E-state index in [0.717, 1.165) is 18.4 Å². The molecule has 1 aromatic heterocycles. The average Bonchev–Trinajstić information content (AvgIpc) is 2.82. The maximum Gasteiger partial charge on any atom is 0.188 e. The lowest BCUT2D eigenvalue weighted by atomic mass is 10.2. The molecule has 2 heterocycles. The first-order valence-corrected chi connectivity index (χ1v) is 5.61. The maximum atomic E-state index is 3.92. The van der Waals surface area contributed by atoms with Crippen molar-refractivity contribution in [3.63, 3.8) is 0 Å². The van der Waals surface area contributed by atoms with Crippen molar-refractivity contribution in [2.24, 2.45) is 0 Å². The van der Waals surface area contributed by atoms with Gasteiger partial charge in [0.05, 0.1) is 6.54 Å². The third-order valence-corrected chi connectivity index (χ3v) is 3.22. The van der Waals surface area contributed by atoms with Crippen molar-refractivity contribution in [3.05, 3.63) is 5.82 Å². The van der Waals surface area contributed by atoms with Crippen LogP contribution >= 0.6 is 0 Å². The minimum absolute atomic E-state index is 0.601. The van der Waals surface area contributed by atoms with Crippen LogP contribution in [0.4, 0.5) is 0 Å². The molecule has 0 spiro atoms. The molecule has 0 radical (unpaired) electrons. The zero-order chi connectivity index (χ0) is 10.1. The number of aromatic nitrogens is 4. The number of rotatable bonds is 4. The number of hydrogen-bond acceptors (Lipinski definition) is 5. The highest BCUT2D eigenvalue weighted by Crippen LogP contribution is 2.29. The van der Waals surface area contributed by atoms with E-state index in [-0.39, 0.29) is 0 Å². The van der Waals surface area contributed by atoms with Gasteiger partial charge < -0.3 is 5.32 Å². The predicted molar refractivity (Wildman–Crippen MR) is 54.0 cm³/mol. The SMILES string of the molecule is C(NC1CCN(C2CC2)C1)c1nn[nH]n1. The Hall–Kier alpha value is -1.01. The second-order valence-electron chi connectivity index (χ2n) is 4.42. The van der Waals surface area contributed by atoms with Crippen molar-refractivity contribution in [2.45, 2.75) is 37.9 Å². The van der Waals surface area contributed by atoms with Crippen molar-refractivity contribution < 1.29 is 0 Å². The molecule has 1 aliphatic heterocycles. The van der Waals surface area contributed by atoms with E-state index in [2.05, 4.69) is 30.8 Å². The van der Waals surface area contributed by atoms with Gasteiger partial charge in [-0.1, -0.05) is 5.21 Å². The van der Waals surface area contributed by atoms with Crippen LogP contribution in [0.15, 0.2) is 0 Å². The monoisotopic (exact) mass is 208 g/mol. The number of aromatic amines is 1. The number of hydrogen-bond donors (Lipinski definition) is 2. The molecule has 15 heavy (non-hydrogen) atoms. The number of H-pyrrole nitrogens is 1. The molecular weight excluding hydrogens is 192 g/mol. The highest BCUT2D eigenvalue weighted by Gasteiger charge is 2.34. The van der Waals surface area contributed by atoms with E-state index in [1.807, 2.05) is 0 Å². The fourth-order valence-electron chi connectivity index (χ4n) is 2.22. The van der Waals surface area contributed by atoms with Crippen LogP contribution in [0.1, 0.15) is 25.1 Å². The molecule has 2 aliphatic rings. The lowest BCUT2D eigenvalue weighted by Crippen LogP contribution is -2.33. The van der Waals surface area contributed by atoms with Crippen molar-refractivity contribution in [1.29, 1.82) is 0 Å². The summed E-state index contributed by atoms with van der Waals surface area (Å²) in [6.07, 6.45) is 4.05. The lowest BCUT2D eigenvalue weighted by molar-refractivity contribution is 0.317. The number of nitrogens with zero attached hydrogens (tertiary/aromatic N) is 4. The van der Waals surface area contributed by atoms with Crippen LogP contribution < -0.4 is 5.32 Å². The average molecular weight is 208 g/mol. The molecule has 1 aromatic rings. The van der Waals surface area contributed by atoms with Crippen LogP contribution in [-0.4, -0.2) is 50.7 Å². The standard InChI is InChI=1S/C9H16N6/c1-2-8(1)15-4-3-7(6-15)10-5-9-11-13-14-12-9/h7-8,10H,1-6H2,(H,11,12,13,14). The molecule has 0 bridgehead atoms. The quantitative estimate of drug-likeness (QED) is 0.700. The Balaban J connectivity index is 1.44. The Morgan fingerprint density at radius 3 is 3.07 bits per heavy atom. The van der Waals surface area contributed by atoms with Gasteiger partial charge in [0, 0.05) is 25.2 Å². The lowest BCUT2D eigenvalue weighted by Gasteiger charge is -2.14. The van der Waals surface area contributed by atoms with Crippen molar-refractivity contribution in [1.82, 2.24) is 30.8 Å². The summed E-state index contributed by atoms with van der Waals surface area (Å²) < 4.78 is 0. The Bertz CT molecular complexity index is 306. The van der Waals surface area contributed by atoms with E-state index in [1.165, 1.54) is 32.4 Å². The van der Waals surface area contributed by atoms with Gasteiger partial charge in [-0.25, -0.2) is 0 Å². The molecule has 2 fully saturated rings. The van der Waals surface area contributed by atoms with Crippen LogP contribution in [0.3, 0.4) is 0 Å². The smallest absolute Gasteiger partial charge is 0.188 e. The summed E-state index contributed by atoms with van der Waals surface area (Å²) in [5.74, 6) is 0.750. The van der Waals surface area contributed by atoms with Gasteiger partial charge in [-0.05, 0) is 19.3 Å². The third kappa shape index (κ3) is 2.15. The predicted octanol–water partition coefficient (Wildman–Crippen LogP) is -0.474. The molecule has 3 rings (SSSR count). The molecule has 82 valence electrons. The minimum Gasteiger partial charge on any atom is -0.306 e. The zero-order valence-corrected chi connectivity index (χ0v) is 8.69. The van der Waals surface area contributed by atoms with Crippen LogP contribution in [-0.2, 0) is 6.54 Å². The maximum absolute atomic E-state index is 3.92. The molecule has 1 saturated carbocycles. The zero-order valence-electron chi connectivity index (χ0n) is 8.69. The van der Waals surface area contributed by atoms with Gasteiger partial charge in [0.1, 0.15) is 0 Å². The summed E-state index contributed by atoms with van der Waals surface area (Å²) in [6.45, 7) is 3.15. The Morgan fingerprint density at radius 2 is 2.33 bits per heavy atom. The van der Waals surface area contributed by atoms with Crippen LogP contribution in [0.5, 0.6) is 0 Å². The molecule has 0 amide bonds. The molecule has 0 aromatic carbocycles. The van der Waals surface area contributed by atoms with E-state index in [9.17, 15) is 0 Å². The van der Waals surface area contributed by atoms with Crippen LogP contribution in [0.25, 0.3) is 0 Å². The molecule has 1 unspecified atom stereocenters. The first kappa shape index (κ1) is 9.23. The largest absolute Gasteiger partial charge is 0.306 e. The Kier molecular flexibility index (Phi) is 2.38. The fourth-order valence-corrected chi connectivity index (χ4v) is 2.22. The van der Waals surface area contributed by atoms with Gasteiger partial charge in [-0.3, -0.25) is 4.90 Å². The summed E-state index contributed by atoms with van der Waals surface area (Å²) in [5.41, 5.74) is 0. The van der Waals surface area contributed by atoms with Gasteiger partial charge in [0.2, 0.25) is 0 Å². The fraction of sp³-hybridized carbons (Fsp3) is 0.889. The van der Waals surface area contributed by atoms with Crippen LogP contribution in [0, 0.1) is 0 Å². The van der Waals surface area contributed by atoms with E-state index in [4.69, 9.17) is 0 Å². The second-order valence-corrected chi connectivity index (χ2v) is 4.42. The summed E-state index contributed by atoms with van der Waals surface area (Å²) >= 11 is 0. The normalized spacial score (nSPS) is 27.3. The molecule has 1 aliphatic carbocycles. The molecule has 6 heteroatoms. The van der Waals surface area contributed by atoms with Crippen molar-refractivity contribution >= 4 is 0 Å². The highest BCUT2D eigenvalue weighted by molar-refractivity contribution is 4.92. The Morgan fingerprint density at radius 1 is 1.40 bits per heavy atom. The summed E-state index contributed by atoms with van der Waals surface area (Å²) in [5, 5.41) is 17.3. The van der Waals surface area contributed by atoms with E-state index in [0.29, 0.717) is 6.04 Å². The highest BCUT2D eigenvalue weighted by atomic mass is 15.5. The van der Waals surface area contributed by atoms with E-state index < -0.39 is 0 Å².